The molecule has 2 N–H and O–H groups in total. The summed E-state index contributed by atoms with van der Waals surface area (Å²) in [6, 6.07) is 3.59. The number of anilines is 1. The van der Waals surface area contributed by atoms with E-state index in [1.165, 1.54) is 6.92 Å². The molecule has 5 heteroatoms. The molecule has 0 aliphatic carbocycles. The van der Waals surface area contributed by atoms with Crippen LogP contribution in [0.3, 0.4) is 0 Å². The van der Waals surface area contributed by atoms with Gasteiger partial charge in [-0.25, -0.2) is 4.98 Å². The summed E-state index contributed by atoms with van der Waals surface area (Å²) in [5.41, 5.74) is 6.94. The van der Waals surface area contributed by atoms with Crippen LogP contribution in [0.5, 0.6) is 0 Å². The minimum absolute atomic E-state index is 0.0105. The second-order valence-electron chi connectivity index (χ2n) is 4.42. The molecule has 0 aliphatic heterocycles. The van der Waals surface area contributed by atoms with Crippen molar-refractivity contribution in [3.8, 4) is 0 Å². The number of benzene rings is 1. The van der Waals surface area contributed by atoms with Gasteiger partial charge in [-0.05, 0) is 31.9 Å². The topological polar surface area (TPSA) is 38.9 Å². The van der Waals surface area contributed by atoms with Crippen LogP contribution >= 0.6 is 0 Å². The molecule has 96 valence electrons. The summed E-state index contributed by atoms with van der Waals surface area (Å²) >= 11 is 0. The molecule has 1 heterocycles. The third-order valence-electron chi connectivity index (χ3n) is 3.11. The standard InChI is InChI=1S/C13H13F3N2/c1-6-4-5-7(2)11-9(6)10(17)8(3)12(18-11)13(14,15)16/h4-5H,1-3H3,(H2,17,18). The number of fused-ring (bicyclic) bond motifs is 1. The Morgan fingerprint density at radius 1 is 1.06 bits per heavy atom. The quantitative estimate of drug-likeness (QED) is 0.777. The van der Waals surface area contributed by atoms with Crippen molar-refractivity contribution in [2.75, 3.05) is 5.73 Å². The summed E-state index contributed by atoms with van der Waals surface area (Å²) < 4.78 is 38.6. The second kappa shape index (κ2) is 3.86. The molecule has 1 aromatic carbocycles. The van der Waals surface area contributed by atoms with E-state index < -0.39 is 11.9 Å². The predicted octanol–water partition coefficient (Wildman–Crippen LogP) is 3.76. The summed E-state index contributed by atoms with van der Waals surface area (Å²) in [6.45, 7) is 4.89. The highest BCUT2D eigenvalue weighted by atomic mass is 19.4. The van der Waals surface area contributed by atoms with Crippen molar-refractivity contribution in [2.45, 2.75) is 26.9 Å². The molecule has 1 aromatic heterocycles. The Morgan fingerprint density at radius 2 is 1.61 bits per heavy atom. The maximum absolute atomic E-state index is 12.9. The SMILES string of the molecule is Cc1c(C(F)(F)F)nc2c(C)ccc(C)c2c1N. The van der Waals surface area contributed by atoms with Gasteiger partial charge in [-0.2, -0.15) is 13.2 Å². The Balaban J connectivity index is 2.97. The molecular weight excluding hydrogens is 241 g/mol. The lowest BCUT2D eigenvalue weighted by molar-refractivity contribution is -0.141. The first-order chi connectivity index (χ1) is 8.23. The normalized spacial score (nSPS) is 12.1. The zero-order valence-corrected chi connectivity index (χ0v) is 10.3. The van der Waals surface area contributed by atoms with Crippen LogP contribution in [0, 0.1) is 20.8 Å². The fourth-order valence-corrected chi connectivity index (χ4v) is 2.07. The summed E-state index contributed by atoms with van der Waals surface area (Å²) in [5.74, 6) is 0. The number of pyridine rings is 1. The van der Waals surface area contributed by atoms with Crippen molar-refractivity contribution in [3.63, 3.8) is 0 Å². The van der Waals surface area contributed by atoms with Crippen molar-refractivity contribution in [1.82, 2.24) is 4.98 Å². The molecule has 0 saturated carbocycles. The molecule has 0 bridgehead atoms. The Bertz CT molecular complexity index is 630. The molecule has 18 heavy (non-hydrogen) atoms. The van der Waals surface area contributed by atoms with E-state index >= 15 is 0 Å². The number of halogens is 3. The van der Waals surface area contributed by atoms with Crippen molar-refractivity contribution in [1.29, 1.82) is 0 Å². The number of rotatable bonds is 0. The fourth-order valence-electron chi connectivity index (χ4n) is 2.07. The van der Waals surface area contributed by atoms with Gasteiger partial charge >= 0.3 is 6.18 Å². The molecule has 0 spiro atoms. The highest BCUT2D eigenvalue weighted by Gasteiger charge is 2.36. The second-order valence-corrected chi connectivity index (χ2v) is 4.42. The number of alkyl halides is 3. The van der Waals surface area contributed by atoms with Crippen LogP contribution in [0.1, 0.15) is 22.4 Å². The van der Waals surface area contributed by atoms with Crippen molar-refractivity contribution in [3.05, 3.63) is 34.5 Å². The highest BCUT2D eigenvalue weighted by Crippen LogP contribution is 2.37. The molecule has 0 aliphatic rings. The number of hydrogen-bond acceptors (Lipinski definition) is 2. The van der Waals surface area contributed by atoms with Gasteiger partial charge < -0.3 is 5.73 Å². The molecule has 2 rings (SSSR count). The smallest absolute Gasteiger partial charge is 0.398 e. The summed E-state index contributed by atoms with van der Waals surface area (Å²) in [4.78, 5) is 3.76. The van der Waals surface area contributed by atoms with Crippen molar-refractivity contribution >= 4 is 16.6 Å². The van der Waals surface area contributed by atoms with Gasteiger partial charge in [0.1, 0.15) is 5.69 Å². The van der Waals surface area contributed by atoms with Gasteiger partial charge in [0.25, 0.3) is 0 Å². The lowest BCUT2D eigenvalue weighted by Crippen LogP contribution is -2.13. The number of hydrogen-bond donors (Lipinski definition) is 1. The Hall–Kier alpha value is -1.78. The largest absolute Gasteiger partial charge is 0.433 e. The average Bonchev–Trinajstić information content (AvgIpc) is 2.26. The third kappa shape index (κ3) is 1.79. The van der Waals surface area contributed by atoms with Crippen LogP contribution in [0.25, 0.3) is 10.9 Å². The Morgan fingerprint density at radius 3 is 2.17 bits per heavy atom. The van der Waals surface area contributed by atoms with E-state index in [1.54, 1.807) is 13.0 Å². The molecular formula is C13H13F3N2. The summed E-state index contributed by atoms with van der Waals surface area (Å²) in [5, 5.41) is 0.612. The molecule has 2 nitrogen and oxygen atoms in total. The van der Waals surface area contributed by atoms with E-state index in [1.807, 2.05) is 13.0 Å². The number of nitrogens with zero attached hydrogens (tertiary/aromatic N) is 1. The molecule has 0 saturated heterocycles. The maximum Gasteiger partial charge on any atom is 0.433 e. The number of aryl methyl sites for hydroxylation is 2. The van der Waals surface area contributed by atoms with Gasteiger partial charge in [-0.3, -0.25) is 0 Å². The van der Waals surface area contributed by atoms with Crippen LogP contribution < -0.4 is 5.73 Å². The molecule has 0 unspecified atom stereocenters. The Labute approximate surface area is 103 Å². The first-order valence-corrected chi connectivity index (χ1v) is 5.46. The van der Waals surface area contributed by atoms with Crippen LogP contribution in [0.2, 0.25) is 0 Å². The van der Waals surface area contributed by atoms with E-state index in [0.717, 1.165) is 5.56 Å². The van der Waals surface area contributed by atoms with E-state index in [0.29, 0.717) is 16.5 Å². The first-order valence-electron chi connectivity index (χ1n) is 5.46. The maximum atomic E-state index is 12.9. The highest BCUT2D eigenvalue weighted by molar-refractivity contribution is 5.96. The average molecular weight is 254 g/mol. The van der Waals surface area contributed by atoms with E-state index in [9.17, 15) is 13.2 Å². The summed E-state index contributed by atoms with van der Waals surface area (Å²) in [6.07, 6.45) is -4.48. The van der Waals surface area contributed by atoms with E-state index in [-0.39, 0.29) is 11.3 Å². The summed E-state index contributed by atoms with van der Waals surface area (Å²) in [7, 11) is 0. The van der Waals surface area contributed by atoms with E-state index in [4.69, 9.17) is 5.73 Å². The fraction of sp³-hybridized carbons (Fsp3) is 0.308. The van der Waals surface area contributed by atoms with E-state index in [2.05, 4.69) is 4.98 Å². The van der Waals surface area contributed by atoms with Crippen LogP contribution in [0.4, 0.5) is 18.9 Å². The molecule has 2 aromatic rings. The van der Waals surface area contributed by atoms with Gasteiger partial charge in [0.15, 0.2) is 0 Å². The minimum Gasteiger partial charge on any atom is -0.398 e. The first kappa shape index (κ1) is 12.7. The molecule has 0 fully saturated rings. The van der Waals surface area contributed by atoms with Crippen molar-refractivity contribution < 1.29 is 13.2 Å². The molecule has 0 amide bonds. The zero-order valence-electron chi connectivity index (χ0n) is 10.3. The van der Waals surface area contributed by atoms with Crippen LogP contribution in [-0.4, -0.2) is 4.98 Å². The number of aromatic nitrogens is 1. The van der Waals surface area contributed by atoms with Crippen LogP contribution in [-0.2, 0) is 6.18 Å². The lowest BCUT2D eigenvalue weighted by atomic mass is 10.00. The number of nitrogen functional groups attached to an aromatic ring is 1. The van der Waals surface area contributed by atoms with Crippen LogP contribution in [0.15, 0.2) is 12.1 Å². The van der Waals surface area contributed by atoms with Gasteiger partial charge in [0.2, 0.25) is 0 Å². The molecule has 0 atom stereocenters. The van der Waals surface area contributed by atoms with Gasteiger partial charge in [-0.1, -0.05) is 12.1 Å². The van der Waals surface area contributed by atoms with Gasteiger partial charge in [0, 0.05) is 16.6 Å². The monoisotopic (exact) mass is 254 g/mol. The third-order valence-corrected chi connectivity index (χ3v) is 3.11. The Kier molecular flexibility index (Phi) is 2.72. The lowest BCUT2D eigenvalue weighted by Gasteiger charge is -2.16. The molecule has 0 radical (unpaired) electrons. The zero-order chi connectivity index (χ0) is 13.7. The van der Waals surface area contributed by atoms with Gasteiger partial charge in [-0.15, -0.1) is 0 Å². The minimum atomic E-state index is -4.48. The predicted molar refractivity (Wildman–Crippen MR) is 65.4 cm³/mol. The van der Waals surface area contributed by atoms with Gasteiger partial charge in [0.05, 0.1) is 5.52 Å². The van der Waals surface area contributed by atoms with Crippen molar-refractivity contribution in [2.24, 2.45) is 0 Å². The number of nitrogens with two attached hydrogens (primary N) is 1.